The van der Waals surface area contributed by atoms with Crippen LogP contribution in [0, 0.1) is 0 Å². The standard InChI is InChI=1S/C13H16N2/c1-13(6-7-14-9-13)11-8-15-12-5-3-2-4-10(11)12/h2-5,8,14-15H,6-7,9H2,1H3. The van der Waals surface area contributed by atoms with E-state index in [0.29, 0.717) is 5.41 Å². The Hall–Kier alpha value is -1.28. The van der Waals surface area contributed by atoms with Crippen LogP contribution in [0.1, 0.15) is 18.9 Å². The van der Waals surface area contributed by atoms with Crippen molar-refractivity contribution < 1.29 is 0 Å². The lowest BCUT2D eigenvalue weighted by atomic mass is 9.82. The van der Waals surface area contributed by atoms with E-state index >= 15 is 0 Å². The van der Waals surface area contributed by atoms with Crippen molar-refractivity contribution in [3.8, 4) is 0 Å². The number of aromatic nitrogens is 1. The molecule has 0 aliphatic carbocycles. The quantitative estimate of drug-likeness (QED) is 0.727. The minimum atomic E-state index is 0.305. The SMILES string of the molecule is CC1(c2c[nH]c3ccccc23)CCNC1. The van der Waals surface area contributed by atoms with E-state index in [9.17, 15) is 0 Å². The molecule has 0 bridgehead atoms. The highest BCUT2D eigenvalue weighted by molar-refractivity contribution is 5.84. The third-order valence-electron chi connectivity index (χ3n) is 3.61. The highest BCUT2D eigenvalue weighted by atomic mass is 14.9. The monoisotopic (exact) mass is 200 g/mol. The van der Waals surface area contributed by atoms with Gasteiger partial charge < -0.3 is 10.3 Å². The average Bonchev–Trinajstić information content (AvgIpc) is 2.84. The second-order valence-electron chi connectivity index (χ2n) is 4.74. The van der Waals surface area contributed by atoms with Crippen LogP contribution in [0.4, 0.5) is 0 Å². The maximum absolute atomic E-state index is 3.45. The third-order valence-corrected chi connectivity index (χ3v) is 3.61. The van der Waals surface area contributed by atoms with Crippen LogP contribution in [0.3, 0.4) is 0 Å². The molecule has 1 fully saturated rings. The van der Waals surface area contributed by atoms with Gasteiger partial charge in [0, 0.05) is 29.1 Å². The third kappa shape index (κ3) is 1.29. The zero-order valence-electron chi connectivity index (χ0n) is 9.01. The van der Waals surface area contributed by atoms with Crippen molar-refractivity contribution in [3.63, 3.8) is 0 Å². The first-order valence-corrected chi connectivity index (χ1v) is 5.57. The fraction of sp³-hybridized carbons (Fsp3) is 0.385. The Labute approximate surface area is 89.7 Å². The Morgan fingerprint density at radius 2 is 2.13 bits per heavy atom. The van der Waals surface area contributed by atoms with Gasteiger partial charge in [0.15, 0.2) is 0 Å². The van der Waals surface area contributed by atoms with E-state index < -0.39 is 0 Å². The van der Waals surface area contributed by atoms with E-state index in [1.54, 1.807) is 0 Å². The molecule has 1 aromatic heterocycles. The van der Waals surface area contributed by atoms with Gasteiger partial charge in [0.05, 0.1) is 0 Å². The molecule has 1 unspecified atom stereocenters. The van der Waals surface area contributed by atoms with Crippen molar-refractivity contribution in [2.24, 2.45) is 0 Å². The molecular formula is C13H16N2. The summed E-state index contributed by atoms with van der Waals surface area (Å²) < 4.78 is 0. The van der Waals surface area contributed by atoms with Gasteiger partial charge in [-0.25, -0.2) is 0 Å². The second kappa shape index (κ2) is 3.11. The molecule has 2 N–H and O–H groups in total. The minimum Gasteiger partial charge on any atom is -0.361 e. The first-order valence-electron chi connectivity index (χ1n) is 5.57. The highest BCUT2D eigenvalue weighted by Gasteiger charge is 2.32. The van der Waals surface area contributed by atoms with Crippen LogP contribution in [0.5, 0.6) is 0 Å². The lowest BCUT2D eigenvalue weighted by Crippen LogP contribution is -2.24. The van der Waals surface area contributed by atoms with Crippen LogP contribution in [-0.4, -0.2) is 18.1 Å². The zero-order valence-corrected chi connectivity index (χ0v) is 9.01. The number of rotatable bonds is 1. The lowest BCUT2D eigenvalue weighted by Gasteiger charge is -2.22. The van der Waals surface area contributed by atoms with Crippen LogP contribution >= 0.6 is 0 Å². The molecule has 1 aliphatic heterocycles. The topological polar surface area (TPSA) is 27.8 Å². The Morgan fingerprint density at radius 1 is 1.27 bits per heavy atom. The summed E-state index contributed by atoms with van der Waals surface area (Å²) >= 11 is 0. The fourth-order valence-electron chi connectivity index (χ4n) is 2.62. The van der Waals surface area contributed by atoms with E-state index in [0.717, 1.165) is 13.1 Å². The number of H-pyrrole nitrogens is 1. The zero-order chi connectivity index (χ0) is 10.3. The molecule has 15 heavy (non-hydrogen) atoms. The average molecular weight is 200 g/mol. The molecule has 2 heteroatoms. The molecule has 1 atom stereocenters. The molecule has 0 radical (unpaired) electrons. The normalized spacial score (nSPS) is 26.2. The molecule has 78 valence electrons. The van der Waals surface area contributed by atoms with E-state index in [1.807, 2.05) is 0 Å². The fourth-order valence-corrected chi connectivity index (χ4v) is 2.62. The number of para-hydroxylation sites is 1. The Balaban J connectivity index is 2.18. The first-order chi connectivity index (χ1) is 7.30. The van der Waals surface area contributed by atoms with Gasteiger partial charge in [0.2, 0.25) is 0 Å². The number of aromatic amines is 1. The summed E-state index contributed by atoms with van der Waals surface area (Å²) in [5.41, 5.74) is 3.02. The van der Waals surface area contributed by atoms with E-state index in [1.165, 1.54) is 22.9 Å². The predicted octanol–water partition coefficient (Wildman–Crippen LogP) is 2.42. The van der Waals surface area contributed by atoms with Gasteiger partial charge in [-0.2, -0.15) is 0 Å². The summed E-state index contributed by atoms with van der Waals surface area (Å²) in [5.74, 6) is 0. The number of nitrogens with one attached hydrogen (secondary N) is 2. The van der Waals surface area contributed by atoms with Gasteiger partial charge in [-0.05, 0) is 24.6 Å². The summed E-state index contributed by atoms with van der Waals surface area (Å²) in [5, 5.41) is 4.83. The molecule has 2 nitrogen and oxygen atoms in total. The molecule has 2 heterocycles. The second-order valence-corrected chi connectivity index (χ2v) is 4.74. The maximum Gasteiger partial charge on any atom is 0.0457 e. The smallest absolute Gasteiger partial charge is 0.0457 e. The van der Waals surface area contributed by atoms with Crippen LogP contribution in [0.15, 0.2) is 30.5 Å². The largest absolute Gasteiger partial charge is 0.361 e. The van der Waals surface area contributed by atoms with Crippen molar-refractivity contribution in [1.29, 1.82) is 0 Å². The predicted molar refractivity (Wildman–Crippen MR) is 63.1 cm³/mol. The Bertz CT molecular complexity index is 478. The van der Waals surface area contributed by atoms with Crippen LogP contribution < -0.4 is 5.32 Å². The molecule has 2 aromatic rings. The van der Waals surface area contributed by atoms with Gasteiger partial charge in [0.1, 0.15) is 0 Å². The van der Waals surface area contributed by atoms with Crippen molar-refractivity contribution in [1.82, 2.24) is 10.3 Å². The molecule has 0 saturated carbocycles. The highest BCUT2D eigenvalue weighted by Crippen LogP contribution is 2.34. The van der Waals surface area contributed by atoms with Crippen LogP contribution in [0.25, 0.3) is 10.9 Å². The molecule has 1 aromatic carbocycles. The molecule has 0 spiro atoms. The van der Waals surface area contributed by atoms with Gasteiger partial charge in [-0.1, -0.05) is 25.1 Å². The summed E-state index contributed by atoms with van der Waals surface area (Å²) in [6, 6.07) is 8.55. The van der Waals surface area contributed by atoms with Gasteiger partial charge in [-0.3, -0.25) is 0 Å². The molecule has 3 rings (SSSR count). The molecular weight excluding hydrogens is 184 g/mol. The number of hydrogen-bond acceptors (Lipinski definition) is 1. The van der Waals surface area contributed by atoms with Crippen LogP contribution in [-0.2, 0) is 5.41 Å². The lowest BCUT2D eigenvalue weighted by molar-refractivity contribution is 0.529. The van der Waals surface area contributed by atoms with Gasteiger partial charge in [-0.15, -0.1) is 0 Å². The molecule has 0 amide bonds. The van der Waals surface area contributed by atoms with Crippen molar-refractivity contribution >= 4 is 10.9 Å². The van der Waals surface area contributed by atoms with Crippen molar-refractivity contribution in [3.05, 3.63) is 36.0 Å². The number of benzene rings is 1. The van der Waals surface area contributed by atoms with E-state index in [2.05, 4.69) is 47.7 Å². The summed E-state index contributed by atoms with van der Waals surface area (Å²) in [4.78, 5) is 3.36. The van der Waals surface area contributed by atoms with E-state index in [4.69, 9.17) is 0 Å². The molecule has 1 saturated heterocycles. The summed E-state index contributed by atoms with van der Waals surface area (Å²) in [6.07, 6.45) is 3.41. The minimum absolute atomic E-state index is 0.305. The van der Waals surface area contributed by atoms with E-state index in [-0.39, 0.29) is 0 Å². The Kier molecular flexibility index (Phi) is 1.86. The van der Waals surface area contributed by atoms with Gasteiger partial charge in [0.25, 0.3) is 0 Å². The summed E-state index contributed by atoms with van der Waals surface area (Å²) in [6.45, 7) is 4.58. The summed E-state index contributed by atoms with van der Waals surface area (Å²) in [7, 11) is 0. The van der Waals surface area contributed by atoms with Crippen molar-refractivity contribution in [2.45, 2.75) is 18.8 Å². The van der Waals surface area contributed by atoms with Crippen LogP contribution in [0.2, 0.25) is 0 Å². The first kappa shape index (κ1) is 8.98. The number of hydrogen-bond donors (Lipinski definition) is 2. The van der Waals surface area contributed by atoms with Crippen molar-refractivity contribution in [2.75, 3.05) is 13.1 Å². The van der Waals surface area contributed by atoms with Gasteiger partial charge >= 0.3 is 0 Å². The number of fused-ring (bicyclic) bond motifs is 1. The molecule has 1 aliphatic rings. The maximum atomic E-state index is 3.45. The Morgan fingerprint density at radius 3 is 2.93 bits per heavy atom.